The lowest BCUT2D eigenvalue weighted by Gasteiger charge is -2.40. The van der Waals surface area contributed by atoms with Crippen molar-refractivity contribution in [2.24, 2.45) is 0 Å². The molecule has 3 nitrogen and oxygen atoms in total. The SMILES string of the molecule is Cc1cccc(C(=O)NC2(CO)CCC2)c1F. The van der Waals surface area contributed by atoms with Gasteiger partial charge in [0.1, 0.15) is 5.82 Å². The smallest absolute Gasteiger partial charge is 0.254 e. The summed E-state index contributed by atoms with van der Waals surface area (Å²) in [6, 6.07) is 4.73. The van der Waals surface area contributed by atoms with Gasteiger partial charge in [-0.15, -0.1) is 0 Å². The number of aliphatic hydroxyl groups excluding tert-OH is 1. The maximum Gasteiger partial charge on any atom is 0.254 e. The monoisotopic (exact) mass is 237 g/mol. The Bertz CT molecular complexity index is 436. The summed E-state index contributed by atoms with van der Waals surface area (Å²) in [6.07, 6.45) is 2.49. The third-order valence-corrected chi connectivity index (χ3v) is 3.43. The van der Waals surface area contributed by atoms with Crippen LogP contribution in [0.25, 0.3) is 0 Å². The molecule has 0 aromatic heterocycles. The molecule has 0 heterocycles. The van der Waals surface area contributed by atoms with Gasteiger partial charge in [0.15, 0.2) is 0 Å². The van der Waals surface area contributed by atoms with Gasteiger partial charge in [0.2, 0.25) is 0 Å². The van der Waals surface area contributed by atoms with Gasteiger partial charge in [-0.25, -0.2) is 4.39 Å². The Morgan fingerprint density at radius 1 is 1.53 bits per heavy atom. The van der Waals surface area contributed by atoms with Gasteiger partial charge in [-0.1, -0.05) is 12.1 Å². The van der Waals surface area contributed by atoms with Crippen LogP contribution in [0.1, 0.15) is 35.2 Å². The van der Waals surface area contributed by atoms with Crippen LogP contribution in [0.4, 0.5) is 4.39 Å². The van der Waals surface area contributed by atoms with Crippen molar-refractivity contribution < 1.29 is 14.3 Å². The summed E-state index contributed by atoms with van der Waals surface area (Å²) < 4.78 is 13.7. The van der Waals surface area contributed by atoms with Crippen molar-refractivity contribution in [2.75, 3.05) is 6.61 Å². The van der Waals surface area contributed by atoms with E-state index in [1.807, 2.05) is 0 Å². The zero-order valence-corrected chi connectivity index (χ0v) is 9.79. The lowest BCUT2D eigenvalue weighted by molar-refractivity contribution is 0.0638. The van der Waals surface area contributed by atoms with Crippen LogP contribution in [0.15, 0.2) is 18.2 Å². The van der Waals surface area contributed by atoms with Crippen molar-refractivity contribution in [3.63, 3.8) is 0 Å². The number of amides is 1. The molecule has 1 aromatic carbocycles. The molecule has 0 atom stereocenters. The zero-order valence-electron chi connectivity index (χ0n) is 9.79. The Kier molecular flexibility index (Phi) is 3.15. The summed E-state index contributed by atoms with van der Waals surface area (Å²) in [7, 11) is 0. The van der Waals surface area contributed by atoms with Gasteiger partial charge in [0.05, 0.1) is 17.7 Å². The molecule has 0 saturated heterocycles. The van der Waals surface area contributed by atoms with E-state index in [0.29, 0.717) is 5.56 Å². The van der Waals surface area contributed by atoms with Crippen molar-refractivity contribution >= 4 is 5.91 Å². The quantitative estimate of drug-likeness (QED) is 0.841. The van der Waals surface area contributed by atoms with E-state index in [0.717, 1.165) is 19.3 Å². The number of hydrogen-bond donors (Lipinski definition) is 2. The summed E-state index contributed by atoms with van der Waals surface area (Å²) in [5.74, 6) is -0.933. The maximum absolute atomic E-state index is 13.7. The molecule has 0 spiro atoms. The fourth-order valence-electron chi connectivity index (χ4n) is 2.06. The summed E-state index contributed by atoms with van der Waals surface area (Å²) in [5.41, 5.74) is -0.0400. The van der Waals surface area contributed by atoms with Crippen molar-refractivity contribution in [3.8, 4) is 0 Å². The van der Waals surface area contributed by atoms with Gasteiger partial charge in [-0.3, -0.25) is 4.79 Å². The maximum atomic E-state index is 13.7. The summed E-state index contributed by atoms with van der Waals surface area (Å²) in [6.45, 7) is 1.53. The van der Waals surface area contributed by atoms with Crippen molar-refractivity contribution in [1.82, 2.24) is 5.32 Å². The average molecular weight is 237 g/mol. The second-order valence-electron chi connectivity index (χ2n) is 4.68. The highest BCUT2D eigenvalue weighted by Crippen LogP contribution is 2.31. The average Bonchev–Trinajstić information content (AvgIpc) is 2.27. The predicted octanol–water partition coefficient (Wildman–Crippen LogP) is 1.78. The second-order valence-corrected chi connectivity index (χ2v) is 4.68. The lowest BCUT2D eigenvalue weighted by atomic mass is 9.77. The Morgan fingerprint density at radius 2 is 2.24 bits per heavy atom. The minimum absolute atomic E-state index is 0.0460. The highest BCUT2D eigenvalue weighted by Gasteiger charge is 2.38. The van der Waals surface area contributed by atoms with Crippen LogP contribution in [0.5, 0.6) is 0 Å². The van der Waals surface area contributed by atoms with E-state index in [1.54, 1.807) is 19.1 Å². The van der Waals surface area contributed by atoms with E-state index in [-0.39, 0.29) is 12.2 Å². The standard InChI is InChI=1S/C13H16FNO2/c1-9-4-2-5-10(11(9)14)12(17)15-13(8-16)6-3-7-13/h2,4-5,16H,3,6-8H2,1H3,(H,15,17). The van der Waals surface area contributed by atoms with Gasteiger partial charge in [0, 0.05) is 0 Å². The molecule has 0 aliphatic heterocycles. The Labute approximate surface area is 99.7 Å². The summed E-state index contributed by atoms with van der Waals surface area (Å²) in [4.78, 5) is 11.9. The Morgan fingerprint density at radius 3 is 2.76 bits per heavy atom. The number of benzene rings is 1. The molecule has 1 saturated carbocycles. The number of carbonyl (C=O) groups excluding carboxylic acids is 1. The second kappa shape index (κ2) is 4.45. The van der Waals surface area contributed by atoms with Gasteiger partial charge in [0.25, 0.3) is 5.91 Å². The molecule has 4 heteroatoms. The first-order valence-corrected chi connectivity index (χ1v) is 5.76. The van der Waals surface area contributed by atoms with Crippen LogP contribution < -0.4 is 5.32 Å². The first-order valence-electron chi connectivity index (χ1n) is 5.76. The highest BCUT2D eigenvalue weighted by atomic mass is 19.1. The number of aryl methyl sites for hydroxylation is 1. The van der Waals surface area contributed by atoms with Crippen LogP contribution in [0, 0.1) is 12.7 Å². The molecule has 0 bridgehead atoms. The first kappa shape index (κ1) is 12.0. The molecule has 1 aliphatic carbocycles. The molecule has 1 fully saturated rings. The molecule has 2 rings (SSSR count). The summed E-state index contributed by atoms with van der Waals surface area (Å²) in [5, 5.41) is 12.0. The van der Waals surface area contributed by atoms with E-state index < -0.39 is 17.3 Å². The molecule has 1 amide bonds. The molecule has 92 valence electrons. The third-order valence-electron chi connectivity index (χ3n) is 3.43. The Balaban J connectivity index is 2.17. The van der Waals surface area contributed by atoms with Crippen LogP contribution in [-0.2, 0) is 0 Å². The molecular formula is C13H16FNO2. The first-order chi connectivity index (χ1) is 8.08. The minimum Gasteiger partial charge on any atom is -0.394 e. The number of halogens is 1. The largest absolute Gasteiger partial charge is 0.394 e. The van der Waals surface area contributed by atoms with Crippen molar-refractivity contribution in [3.05, 3.63) is 35.1 Å². The minimum atomic E-state index is -0.534. The van der Waals surface area contributed by atoms with E-state index in [4.69, 9.17) is 0 Å². The molecule has 17 heavy (non-hydrogen) atoms. The van der Waals surface area contributed by atoms with E-state index in [2.05, 4.69) is 5.32 Å². The lowest BCUT2D eigenvalue weighted by Crippen LogP contribution is -2.56. The fraction of sp³-hybridized carbons (Fsp3) is 0.462. The number of hydrogen-bond acceptors (Lipinski definition) is 2. The normalized spacial score (nSPS) is 17.4. The molecule has 1 aromatic rings. The van der Waals surface area contributed by atoms with Gasteiger partial charge in [-0.2, -0.15) is 0 Å². The zero-order chi connectivity index (χ0) is 12.5. The van der Waals surface area contributed by atoms with E-state index in [9.17, 15) is 14.3 Å². The molecule has 0 unspecified atom stereocenters. The third kappa shape index (κ3) is 2.17. The van der Waals surface area contributed by atoms with Crippen molar-refractivity contribution in [2.45, 2.75) is 31.7 Å². The number of nitrogens with one attached hydrogen (secondary N) is 1. The van der Waals surface area contributed by atoms with Crippen LogP contribution >= 0.6 is 0 Å². The van der Waals surface area contributed by atoms with E-state index in [1.165, 1.54) is 6.07 Å². The van der Waals surface area contributed by atoms with Crippen molar-refractivity contribution in [1.29, 1.82) is 0 Å². The molecular weight excluding hydrogens is 221 g/mol. The van der Waals surface area contributed by atoms with E-state index >= 15 is 0 Å². The number of aliphatic hydroxyl groups is 1. The Hall–Kier alpha value is -1.42. The van der Waals surface area contributed by atoms with Gasteiger partial charge < -0.3 is 10.4 Å². The predicted molar refractivity (Wildman–Crippen MR) is 62.3 cm³/mol. The van der Waals surface area contributed by atoms with Crippen LogP contribution in [-0.4, -0.2) is 23.2 Å². The van der Waals surface area contributed by atoms with Crippen LogP contribution in [0.3, 0.4) is 0 Å². The summed E-state index contributed by atoms with van der Waals surface area (Å²) >= 11 is 0. The number of carbonyl (C=O) groups is 1. The van der Waals surface area contributed by atoms with Gasteiger partial charge >= 0.3 is 0 Å². The highest BCUT2D eigenvalue weighted by molar-refractivity contribution is 5.95. The van der Waals surface area contributed by atoms with Gasteiger partial charge in [-0.05, 0) is 37.8 Å². The fourth-order valence-corrected chi connectivity index (χ4v) is 2.06. The molecule has 1 aliphatic rings. The number of rotatable bonds is 3. The molecule has 2 N–H and O–H groups in total. The topological polar surface area (TPSA) is 49.3 Å². The van der Waals surface area contributed by atoms with Crippen LogP contribution in [0.2, 0.25) is 0 Å². The molecule has 0 radical (unpaired) electrons.